The number of ether oxygens (including phenoxy) is 4. The fourth-order valence-electron chi connectivity index (χ4n) is 1.45. The maximum atomic E-state index is 5.35. The number of hydrogen-bond acceptors (Lipinski definition) is 4. The summed E-state index contributed by atoms with van der Waals surface area (Å²) in [5.41, 5.74) is 0. The molecule has 4 nitrogen and oxygen atoms in total. The average Bonchev–Trinajstić information content (AvgIpc) is 2.23. The first-order chi connectivity index (χ1) is 6.62. The second kappa shape index (κ2) is 7.17. The van der Waals surface area contributed by atoms with E-state index in [0.717, 1.165) is 0 Å². The first-order valence-electron chi connectivity index (χ1n) is 4.73. The Hall–Kier alpha value is -0.160. The van der Waals surface area contributed by atoms with Crippen molar-refractivity contribution in [1.82, 2.24) is 0 Å². The van der Waals surface area contributed by atoms with Crippen LogP contribution in [0.15, 0.2) is 0 Å². The van der Waals surface area contributed by atoms with E-state index in [2.05, 4.69) is 0 Å². The van der Waals surface area contributed by atoms with Crippen molar-refractivity contribution in [2.75, 3.05) is 28.4 Å². The maximum absolute atomic E-state index is 5.35. The van der Waals surface area contributed by atoms with Crippen molar-refractivity contribution in [3.05, 3.63) is 0 Å². The highest BCUT2D eigenvalue weighted by Crippen LogP contribution is 2.15. The second-order valence-electron chi connectivity index (χ2n) is 3.28. The Labute approximate surface area is 86.5 Å². The monoisotopic (exact) mass is 206 g/mol. The Morgan fingerprint density at radius 3 is 1.00 bits per heavy atom. The summed E-state index contributed by atoms with van der Waals surface area (Å²) in [5, 5.41) is 0. The van der Waals surface area contributed by atoms with E-state index >= 15 is 0 Å². The van der Waals surface area contributed by atoms with Gasteiger partial charge in [0.15, 0.2) is 0 Å². The van der Waals surface area contributed by atoms with E-state index in [1.165, 1.54) is 0 Å². The van der Waals surface area contributed by atoms with Crippen LogP contribution in [0.3, 0.4) is 0 Å². The van der Waals surface area contributed by atoms with Gasteiger partial charge in [-0.1, -0.05) is 0 Å². The van der Waals surface area contributed by atoms with Gasteiger partial charge < -0.3 is 18.9 Å². The maximum Gasteiger partial charge on any atom is 0.112 e. The molecule has 4 atom stereocenters. The Bertz CT molecular complexity index is 124. The number of hydrogen-bond donors (Lipinski definition) is 0. The average molecular weight is 206 g/mol. The van der Waals surface area contributed by atoms with Crippen LogP contribution in [0.4, 0.5) is 0 Å². The van der Waals surface area contributed by atoms with Crippen LogP contribution in [0, 0.1) is 0 Å². The fourth-order valence-corrected chi connectivity index (χ4v) is 1.45. The van der Waals surface area contributed by atoms with Gasteiger partial charge in [-0.2, -0.15) is 0 Å². The third-order valence-corrected chi connectivity index (χ3v) is 2.54. The summed E-state index contributed by atoms with van der Waals surface area (Å²) in [4.78, 5) is 0. The SMILES string of the molecule is COC(C)C(OC)C(OC)C(C)OC. The Kier molecular flexibility index (Phi) is 7.09. The third-order valence-electron chi connectivity index (χ3n) is 2.54. The minimum absolute atomic E-state index is 0.0254. The van der Waals surface area contributed by atoms with Crippen LogP contribution in [0.2, 0.25) is 0 Å². The molecule has 0 saturated heterocycles. The van der Waals surface area contributed by atoms with Crippen LogP contribution in [0.5, 0.6) is 0 Å². The zero-order valence-corrected chi connectivity index (χ0v) is 9.94. The Balaban J connectivity index is 4.43. The van der Waals surface area contributed by atoms with Gasteiger partial charge in [0, 0.05) is 28.4 Å². The number of rotatable bonds is 7. The molecule has 0 amide bonds. The molecule has 0 aromatic rings. The molecule has 4 unspecified atom stereocenters. The predicted molar refractivity (Wildman–Crippen MR) is 54.5 cm³/mol. The molecule has 0 spiro atoms. The normalized spacial score (nSPS) is 20.1. The summed E-state index contributed by atoms with van der Waals surface area (Å²) in [6, 6.07) is 0. The van der Waals surface area contributed by atoms with Crippen LogP contribution in [-0.4, -0.2) is 52.9 Å². The van der Waals surface area contributed by atoms with Crippen molar-refractivity contribution < 1.29 is 18.9 Å². The molecule has 0 aromatic carbocycles. The Morgan fingerprint density at radius 2 is 0.857 bits per heavy atom. The fraction of sp³-hybridized carbons (Fsp3) is 1.00. The zero-order valence-electron chi connectivity index (χ0n) is 9.94. The molecule has 0 aliphatic heterocycles. The first kappa shape index (κ1) is 13.8. The van der Waals surface area contributed by atoms with E-state index in [9.17, 15) is 0 Å². The Morgan fingerprint density at radius 1 is 0.571 bits per heavy atom. The molecule has 0 aliphatic carbocycles. The summed E-state index contributed by atoms with van der Waals surface area (Å²) in [6.07, 6.45) is -0.301. The highest BCUT2D eigenvalue weighted by molar-refractivity contribution is 4.80. The standard InChI is InChI=1S/C10H22O4/c1-7(11-3)9(13-5)10(14-6)8(2)12-4/h7-10H,1-6H3. The summed E-state index contributed by atoms with van der Waals surface area (Å²) in [5.74, 6) is 0. The van der Waals surface area contributed by atoms with Crippen LogP contribution < -0.4 is 0 Å². The van der Waals surface area contributed by atoms with Gasteiger partial charge in [0.1, 0.15) is 12.2 Å². The molecule has 0 fully saturated rings. The summed E-state index contributed by atoms with van der Waals surface area (Å²) < 4.78 is 21.1. The highest BCUT2D eigenvalue weighted by Gasteiger charge is 2.31. The molecule has 0 aliphatic rings. The zero-order chi connectivity index (χ0) is 11.1. The van der Waals surface area contributed by atoms with Crippen LogP contribution in [0.1, 0.15) is 13.8 Å². The van der Waals surface area contributed by atoms with Gasteiger partial charge in [-0.25, -0.2) is 0 Å². The van der Waals surface area contributed by atoms with Crippen LogP contribution in [0.25, 0.3) is 0 Å². The third kappa shape index (κ3) is 3.53. The van der Waals surface area contributed by atoms with E-state index in [0.29, 0.717) is 0 Å². The lowest BCUT2D eigenvalue weighted by molar-refractivity contribution is -0.140. The van der Waals surface area contributed by atoms with E-state index in [-0.39, 0.29) is 24.4 Å². The lowest BCUT2D eigenvalue weighted by Gasteiger charge is -2.32. The largest absolute Gasteiger partial charge is 0.379 e. The molecule has 86 valence electrons. The van der Waals surface area contributed by atoms with Crippen molar-refractivity contribution in [3.63, 3.8) is 0 Å². The van der Waals surface area contributed by atoms with E-state index < -0.39 is 0 Å². The van der Waals surface area contributed by atoms with Crippen LogP contribution >= 0.6 is 0 Å². The van der Waals surface area contributed by atoms with Crippen molar-refractivity contribution in [2.45, 2.75) is 38.3 Å². The lowest BCUT2D eigenvalue weighted by Crippen LogP contribution is -2.46. The molecule has 0 heterocycles. The van der Waals surface area contributed by atoms with Gasteiger partial charge in [0.05, 0.1) is 12.2 Å². The van der Waals surface area contributed by atoms with E-state index in [1.807, 2.05) is 13.8 Å². The quantitative estimate of drug-likeness (QED) is 0.624. The van der Waals surface area contributed by atoms with Gasteiger partial charge in [0.25, 0.3) is 0 Å². The van der Waals surface area contributed by atoms with Gasteiger partial charge in [-0.3, -0.25) is 0 Å². The first-order valence-corrected chi connectivity index (χ1v) is 4.73. The van der Waals surface area contributed by atoms with Gasteiger partial charge in [-0.05, 0) is 13.8 Å². The van der Waals surface area contributed by atoms with Gasteiger partial charge in [0.2, 0.25) is 0 Å². The summed E-state index contributed by atoms with van der Waals surface area (Å²) in [6.45, 7) is 3.89. The van der Waals surface area contributed by atoms with Crippen molar-refractivity contribution in [2.24, 2.45) is 0 Å². The van der Waals surface area contributed by atoms with Crippen LogP contribution in [-0.2, 0) is 18.9 Å². The van der Waals surface area contributed by atoms with E-state index in [1.54, 1.807) is 28.4 Å². The topological polar surface area (TPSA) is 36.9 Å². The molecule has 0 rings (SSSR count). The summed E-state index contributed by atoms with van der Waals surface area (Å²) in [7, 11) is 6.60. The minimum Gasteiger partial charge on any atom is -0.379 e. The summed E-state index contributed by atoms with van der Waals surface area (Å²) >= 11 is 0. The smallest absolute Gasteiger partial charge is 0.112 e. The lowest BCUT2D eigenvalue weighted by atomic mass is 10.0. The number of methoxy groups -OCH3 is 4. The van der Waals surface area contributed by atoms with Crippen molar-refractivity contribution >= 4 is 0 Å². The molecule has 0 radical (unpaired) electrons. The van der Waals surface area contributed by atoms with Crippen molar-refractivity contribution in [1.29, 1.82) is 0 Å². The molecule has 0 aromatic heterocycles. The molecule has 0 N–H and O–H groups in total. The van der Waals surface area contributed by atoms with Crippen molar-refractivity contribution in [3.8, 4) is 0 Å². The molecular formula is C10H22O4. The highest BCUT2D eigenvalue weighted by atomic mass is 16.6. The van der Waals surface area contributed by atoms with Gasteiger partial charge in [-0.15, -0.1) is 0 Å². The van der Waals surface area contributed by atoms with E-state index in [4.69, 9.17) is 18.9 Å². The second-order valence-corrected chi connectivity index (χ2v) is 3.28. The molecule has 4 heteroatoms. The molecule has 0 bridgehead atoms. The molecule has 14 heavy (non-hydrogen) atoms. The molecular weight excluding hydrogens is 184 g/mol. The molecule has 0 saturated carbocycles. The predicted octanol–water partition coefficient (Wildman–Crippen LogP) is 1.09. The van der Waals surface area contributed by atoms with Gasteiger partial charge >= 0.3 is 0 Å². The minimum atomic E-state index is -0.125.